The van der Waals surface area contributed by atoms with E-state index in [-0.39, 0.29) is 9.80 Å². The van der Waals surface area contributed by atoms with Gasteiger partial charge in [-0.25, -0.2) is 21.6 Å². The zero-order valence-corrected chi connectivity index (χ0v) is 20.0. The van der Waals surface area contributed by atoms with E-state index in [0.29, 0.717) is 39.8 Å². The Kier molecular flexibility index (Phi) is 6.82. The van der Waals surface area contributed by atoms with Crippen LogP contribution < -0.4 is 14.8 Å². The number of fused-ring (bicyclic) bond motifs is 1. The van der Waals surface area contributed by atoms with Crippen LogP contribution in [0.4, 0.5) is 18.9 Å². The number of methoxy groups -OCH3 is 2. The van der Waals surface area contributed by atoms with Crippen molar-refractivity contribution in [2.45, 2.75) is 15.5 Å². The van der Waals surface area contributed by atoms with Crippen LogP contribution in [0.2, 0.25) is 0 Å². The largest absolute Gasteiger partial charge is 0.496 e. The highest BCUT2D eigenvalue weighted by Gasteiger charge is 2.26. The second kappa shape index (κ2) is 9.67. The lowest BCUT2D eigenvalue weighted by atomic mass is 10.1. The number of carbonyl (C=O) groups excluding carboxylic acids is 1. The molecule has 0 saturated carbocycles. The second-order valence-electron chi connectivity index (χ2n) is 7.41. The normalized spacial score (nSPS) is 14.4. The Morgan fingerprint density at radius 1 is 0.971 bits per heavy atom. The lowest BCUT2D eigenvalue weighted by Crippen LogP contribution is -2.18. The first-order valence-corrected chi connectivity index (χ1v) is 12.5. The first kappa shape index (κ1) is 24.7. The molecule has 6 nitrogen and oxygen atoms in total. The van der Waals surface area contributed by atoms with Gasteiger partial charge in [-0.15, -0.1) is 0 Å². The maximum absolute atomic E-state index is 14.1. The molecular weight excluding hydrogens is 503 g/mol. The number of anilines is 1. The summed E-state index contributed by atoms with van der Waals surface area (Å²) in [5.74, 6) is -3.78. The topological polar surface area (TPSA) is 81.7 Å². The van der Waals surface area contributed by atoms with Gasteiger partial charge >= 0.3 is 0 Å². The number of carbonyl (C=O) groups is 1. The van der Waals surface area contributed by atoms with Crippen LogP contribution in [-0.4, -0.2) is 28.5 Å². The Labute approximate surface area is 203 Å². The maximum Gasteiger partial charge on any atom is 0.262 e. The Morgan fingerprint density at radius 2 is 1.60 bits per heavy atom. The van der Waals surface area contributed by atoms with E-state index in [1.165, 1.54) is 32.4 Å². The molecule has 182 valence electrons. The predicted octanol–water partition coefficient (Wildman–Crippen LogP) is 5.18. The monoisotopic (exact) mass is 521 g/mol. The molecule has 0 aromatic heterocycles. The number of amides is 1. The fourth-order valence-electron chi connectivity index (χ4n) is 3.49. The summed E-state index contributed by atoms with van der Waals surface area (Å²) >= 11 is 0.842. The molecule has 1 amide bonds. The highest BCUT2D eigenvalue weighted by molar-refractivity contribution is 8.04. The summed E-state index contributed by atoms with van der Waals surface area (Å²) in [5.41, 5.74) is 0.101. The van der Waals surface area contributed by atoms with Gasteiger partial charge in [-0.1, -0.05) is 17.8 Å². The van der Waals surface area contributed by atoms with Crippen LogP contribution in [0.3, 0.4) is 0 Å². The molecule has 0 spiro atoms. The fraction of sp³-hybridized carbons (Fsp3) is 0.125. The molecule has 35 heavy (non-hydrogen) atoms. The van der Waals surface area contributed by atoms with Crippen molar-refractivity contribution in [1.82, 2.24) is 0 Å². The van der Waals surface area contributed by atoms with Crippen molar-refractivity contribution < 1.29 is 35.9 Å². The third kappa shape index (κ3) is 5.01. The van der Waals surface area contributed by atoms with Gasteiger partial charge in [-0.2, -0.15) is 0 Å². The number of rotatable bonds is 6. The van der Waals surface area contributed by atoms with Crippen LogP contribution in [0.15, 0.2) is 63.2 Å². The molecule has 0 fully saturated rings. The number of ether oxygens (including phenoxy) is 2. The number of nitrogens with one attached hydrogen (secondary N) is 1. The van der Waals surface area contributed by atoms with Crippen LogP contribution >= 0.6 is 11.8 Å². The van der Waals surface area contributed by atoms with Crippen LogP contribution in [-0.2, 0) is 20.4 Å². The van der Waals surface area contributed by atoms with E-state index in [4.69, 9.17) is 9.47 Å². The van der Waals surface area contributed by atoms with Crippen LogP contribution in [0.25, 0.3) is 6.08 Å². The zero-order valence-electron chi connectivity index (χ0n) is 18.4. The van der Waals surface area contributed by atoms with Crippen molar-refractivity contribution in [3.63, 3.8) is 0 Å². The maximum atomic E-state index is 14.1. The summed E-state index contributed by atoms with van der Waals surface area (Å²) in [6.45, 7) is 0. The number of sulfone groups is 1. The molecule has 0 atom stereocenters. The molecule has 3 aromatic carbocycles. The van der Waals surface area contributed by atoms with E-state index >= 15 is 0 Å². The van der Waals surface area contributed by atoms with Gasteiger partial charge in [-0.3, -0.25) is 4.79 Å². The van der Waals surface area contributed by atoms with Gasteiger partial charge in [0, 0.05) is 22.6 Å². The van der Waals surface area contributed by atoms with Crippen LogP contribution in [0.1, 0.15) is 11.1 Å². The summed E-state index contributed by atoms with van der Waals surface area (Å²) in [7, 11) is -1.05. The minimum Gasteiger partial charge on any atom is -0.496 e. The van der Waals surface area contributed by atoms with Crippen LogP contribution in [0, 0.1) is 17.5 Å². The smallest absolute Gasteiger partial charge is 0.262 e. The van der Waals surface area contributed by atoms with Gasteiger partial charge in [0.2, 0.25) is 0 Å². The molecular formula is C24H18F3NO5S2. The third-order valence-electron chi connectivity index (χ3n) is 5.19. The summed E-state index contributed by atoms with van der Waals surface area (Å²) in [5, 5.41) is 2.56. The van der Waals surface area contributed by atoms with Gasteiger partial charge < -0.3 is 14.8 Å². The molecule has 0 radical (unpaired) electrons. The van der Waals surface area contributed by atoms with Gasteiger partial charge in [-0.05, 0) is 36.4 Å². The first-order chi connectivity index (χ1) is 16.6. The Balaban J connectivity index is 1.69. The van der Waals surface area contributed by atoms with E-state index in [0.717, 1.165) is 17.8 Å². The first-order valence-electron chi connectivity index (χ1n) is 10.0. The van der Waals surface area contributed by atoms with E-state index in [1.807, 2.05) is 0 Å². The fourth-order valence-corrected chi connectivity index (χ4v) is 5.94. The van der Waals surface area contributed by atoms with Gasteiger partial charge in [0.15, 0.2) is 9.84 Å². The number of hydrogen-bond acceptors (Lipinski definition) is 6. The Morgan fingerprint density at radius 3 is 2.20 bits per heavy atom. The molecule has 4 rings (SSSR count). The van der Waals surface area contributed by atoms with Crippen molar-refractivity contribution in [1.29, 1.82) is 0 Å². The predicted molar refractivity (Wildman–Crippen MR) is 126 cm³/mol. The average molecular weight is 522 g/mol. The highest BCUT2D eigenvalue weighted by atomic mass is 32.2. The molecule has 0 saturated heterocycles. The van der Waals surface area contributed by atoms with Crippen LogP contribution in [0.5, 0.6) is 11.5 Å². The lowest BCUT2D eigenvalue weighted by Gasteiger charge is -2.20. The minimum absolute atomic E-state index is 0.0358. The lowest BCUT2D eigenvalue weighted by molar-refractivity contribution is -0.112. The molecule has 11 heteroatoms. The number of halogens is 3. The van der Waals surface area contributed by atoms with Crippen molar-refractivity contribution in [2.75, 3.05) is 19.5 Å². The summed E-state index contributed by atoms with van der Waals surface area (Å²) in [6.07, 6.45) is 0.952. The van der Waals surface area contributed by atoms with E-state index in [1.54, 1.807) is 18.2 Å². The van der Waals surface area contributed by atoms with E-state index < -0.39 is 44.5 Å². The summed E-state index contributed by atoms with van der Waals surface area (Å²) < 4.78 is 78.4. The average Bonchev–Trinajstić information content (AvgIpc) is 2.81. The molecule has 3 aromatic rings. The summed E-state index contributed by atoms with van der Waals surface area (Å²) in [6, 6.07) is 10.1. The van der Waals surface area contributed by atoms with Crippen molar-refractivity contribution in [3.8, 4) is 11.5 Å². The number of benzene rings is 3. The number of thioether (sulfide) groups is 1. The summed E-state index contributed by atoms with van der Waals surface area (Å²) in [4.78, 5) is 12.7. The van der Waals surface area contributed by atoms with E-state index in [9.17, 15) is 26.4 Å². The highest BCUT2D eigenvalue weighted by Crippen LogP contribution is 2.41. The Bertz CT molecular complexity index is 1430. The zero-order chi connectivity index (χ0) is 25.3. The molecule has 1 aliphatic heterocycles. The molecule has 0 unspecified atom stereocenters. The standard InChI is InChI=1S/C24H18F3NO5S2/c1-32-20-4-3-5-21(33-2)16(20)12-35(30,31)14-6-7-19-22(10-14)34-23(24(29)28-19)11-15-17(26)8-13(25)9-18(15)27/h3-11H,12H2,1-2H3,(H,28,29). The molecule has 1 N–H and O–H groups in total. The SMILES string of the molecule is COc1cccc(OC)c1CS(=O)(=O)c1ccc2c(c1)SC(=Cc1c(F)cc(F)cc1F)C(=O)N2. The quantitative estimate of drug-likeness (QED) is 0.450. The van der Waals surface area contributed by atoms with Crippen molar-refractivity contribution >= 4 is 39.3 Å². The molecule has 1 heterocycles. The van der Waals surface area contributed by atoms with Gasteiger partial charge in [0.1, 0.15) is 29.0 Å². The molecule has 1 aliphatic rings. The third-order valence-corrected chi connectivity index (χ3v) is 7.91. The van der Waals surface area contributed by atoms with Gasteiger partial charge in [0.25, 0.3) is 5.91 Å². The van der Waals surface area contributed by atoms with Crippen molar-refractivity contribution in [2.24, 2.45) is 0 Å². The van der Waals surface area contributed by atoms with Gasteiger partial charge in [0.05, 0.1) is 41.0 Å². The molecule has 0 aliphatic carbocycles. The minimum atomic E-state index is -3.89. The second-order valence-corrected chi connectivity index (χ2v) is 10.5. The van der Waals surface area contributed by atoms with E-state index in [2.05, 4.69) is 5.32 Å². The van der Waals surface area contributed by atoms with Crippen molar-refractivity contribution in [3.05, 3.63) is 82.0 Å². The number of hydrogen-bond donors (Lipinski definition) is 1. The Hall–Kier alpha value is -3.44. The molecule has 0 bridgehead atoms.